The number of hydrogen-bond donors (Lipinski definition) is 2. The molecule has 36 heavy (non-hydrogen) atoms. The van der Waals surface area contributed by atoms with Gasteiger partial charge in [-0.15, -0.1) is 0 Å². The van der Waals surface area contributed by atoms with E-state index in [4.69, 9.17) is 14.5 Å². The van der Waals surface area contributed by atoms with E-state index in [1.807, 2.05) is 24.5 Å². The first-order valence-corrected chi connectivity index (χ1v) is 12.8. The minimum absolute atomic E-state index is 0.0151. The highest BCUT2D eigenvalue weighted by molar-refractivity contribution is 6.11. The van der Waals surface area contributed by atoms with Crippen LogP contribution < -0.4 is 10.6 Å². The molecule has 1 saturated heterocycles. The number of carbonyl (C=O) groups excluding carboxylic acids is 2. The predicted molar refractivity (Wildman–Crippen MR) is 139 cm³/mol. The smallest absolute Gasteiger partial charge is 0.356 e. The fourth-order valence-electron chi connectivity index (χ4n) is 5.24. The Balaban J connectivity index is 1.54. The first-order valence-electron chi connectivity index (χ1n) is 12.8. The van der Waals surface area contributed by atoms with Crippen molar-refractivity contribution < 1.29 is 19.1 Å². The summed E-state index contributed by atoms with van der Waals surface area (Å²) in [7, 11) is 1.36. The van der Waals surface area contributed by atoms with Gasteiger partial charge in [0.1, 0.15) is 5.65 Å². The summed E-state index contributed by atoms with van der Waals surface area (Å²) in [5.74, 6) is -0.840. The lowest BCUT2D eigenvalue weighted by Crippen LogP contribution is -2.23. The van der Waals surface area contributed by atoms with Crippen LogP contribution in [0.2, 0.25) is 0 Å². The fraction of sp³-hybridized carbons (Fsp3) is 0.464. The minimum Gasteiger partial charge on any atom is -0.464 e. The highest BCUT2D eigenvalue weighted by Crippen LogP contribution is 2.35. The van der Waals surface area contributed by atoms with Crippen molar-refractivity contribution in [1.29, 1.82) is 0 Å². The van der Waals surface area contributed by atoms with E-state index in [0.29, 0.717) is 42.0 Å². The molecule has 2 atom stereocenters. The van der Waals surface area contributed by atoms with Gasteiger partial charge in [0.05, 0.1) is 37.3 Å². The fourth-order valence-corrected chi connectivity index (χ4v) is 5.24. The van der Waals surface area contributed by atoms with Crippen LogP contribution in [0, 0.1) is 5.92 Å². The molecule has 190 valence electrons. The van der Waals surface area contributed by atoms with Gasteiger partial charge in [-0.25, -0.2) is 9.78 Å². The van der Waals surface area contributed by atoms with Gasteiger partial charge in [-0.2, -0.15) is 0 Å². The van der Waals surface area contributed by atoms with Gasteiger partial charge in [-0.05, 0) is 49.3 Å². The Morgan fingerprint density at radius 2 is 2.00 bits per heavy atom. The molecular formula is C28H34N4O4. The average Bonchev–Trinajstić information content (AvgIpc) is 3.61. The molecule has 1 aromatic carbocycles. The Kier molecular flexibility index (Phi) is 6.96. The van der Waals surface area contributed by atoms with E-state index in [1.54, 1.807) is 6.20 Å². The number of pyridine rings is 1. The monoisotopic (exact) mass is 490 g/mol. The molecule has 1 fully saturated rings. The summed E-state index contributed by atoms with van der Waals surface area (Å²) in [6.07, 6.45) is 6.27. The Hall–Kier alpha value is -3.39. The number of hydrogen-bond acceptors (Lipinski definition) is 6. The Bertz CT molecular complexity index is 1250. The standard InChI is InChI=1S/C28H34N4O4/c1-4-17(2)27(33)31-24-23-14-21(30-20-12-18-8-5-6-9-19(18)13-20)15-29-26(23)32(25(24)28(34)35-3)16-22-10-7-11-36-22/h5-6,8-9,14-15,17,20,22,30H,4,7,10-13,16H2,1-3H3,(H,31,33)/t17-,22+/m1/s1. The Labute approximate surface area is 211 Å². The van der Waals surface area contributed by atoms with Crippen LogP contribution in [-0.4, -0.2) is 47.3 Å². The molecule has 3 heterocycles. The third-order valence-corrected chi connectivity index (χ3v) is 7.42. The Morgan fingerprint density at radius 3 is 2.64 bits per heavy atom. The molecule has 0 radical (unpaired) electrons. The number of esters is 1. The molecule has 0 spiro atoms. The lowest BCUT2D eigenvalue weighted by molar-refractivity contribution is -0.119. The summed E-state index contributed by atoms with van der Waals surface area (Å²) < 4.78 is 12.9. The summed E-state index contributed by atoms with van der Waals surface area (Å²) in [6.45, 7) is 5.02. The van der Waals surface area contributed by atoms with Crippen molar-refractivity contribution in [2.45, 2.75) is 64.6 Å². The van der Waals surface area contributed by atoms with Crippen LogP contribution in [0.4, 0.5) is 11.4 Å². The predicted octanol–water partition coefficient (Wildman–Crippen LogP) is 4.57. The summed E-state index contributed by atoms with van der Waals surface area (Å²) in [4.78, 5) is 30.8. The quantitative estimate of drug-likeness (QED) is 0.450. The zero-order chi connectivity index (χ0) is 25.2. The maximum absolute atomic E-state index is 13.0. The van der Waals surface area contributed by atoms with Gasteiger partial charge < -0.3 is 24.7 Å². The normalized spacial score (nSPS) is 18.2. The molecule has 8 nitrogen and oxygen atoms in total. The second-order valence-electron chi connectivity index (χ2n) is 9.87. The van der Waals surface area contributed by atoms with E-state index in [-0.39, 0.29) is 24.0 Å². The van der Waals surface area contributed by atoms with E-state index >= 15 is 0 Å². The van der Waals surface area contributed by atoms with E-state index < -0.39 is 5.97 Å². The molecule has 2 aliphatic rings. The SMILES string of the molecule is CC[C@@H](C)C(=O)Nc1c(C(=O)OC)n(C[C@@H]2CCCO2)c2ncc(NC3Cc4ccccc4C3)cc12. The van der Waals surface area contributed by atoms with Crippen LogP contribution in [-0.2, 0) is 33.7 Å². The van der Waals surface area contributed by atoms with Gasteiger partial charge in [-0.3, -0.25) is 4.79 Å². The number of rotatable bonds is 8. The molecule has 2 aromatic heterocycles. The van der Waals surface area contributed by atoms with Gasteiger partial charge in [0.15, 0.2) is 5.69 Å². The van der Waals surface area contributed by atoms with Crippen LogP contribution in [0.1, 0.15) is 54.7 Å². The van der Waals surface area contributed by atoms with Gasteiger partial charge >= 0.3 is 5.97 Å². The number of benzene rings is 1. The number of carbonyl (C=O) groups is 2. The van der Waals surface area contributed by atoms with Crippen LogP contribution in [0.3, 0.4) is 0 Å². The summed E-state index contributed by atoms with van der Waals surface area (Å²) >= 11 is 0. The van der Waals surface area contributed by atoms with E-state index in [9.17, 15) is 9.59 Å². The molecular weight excluding hydrogens is 456 g/mol. The molecule has 0 bridgehead atoms. The van der Waals surface area contributed by atoms with Crippen molar-refractivity contribution in [3.05, 3.63) is 53.3 Å². The van der Waals surface area contributed by atoms with Crippen LogP contribution in [0.25, 0.3) is 11.0 Å². The summed E-state index contributed by atoms with van der Waals surface area (Å²) in [6, 6.07) is 10.7. The number of aromatic nitrogens is 2. The van der Waals surface area contributed by atoms with Crippen molar-refractivity contribution in [3.8, 4) is 0 Å². The molecule has 0 unspecified atom stereocenters. The highest BCUT2D eigenvalue weighted by Gasteiger charge is 2.30. The van der Waals surface area contributed by atoms with E-state index in [0.717, 1.165) is 31.4 Å². The maximum atomic E-state index is 13.0. The van der Waals surface area contributed by atoms with Crippen molar-refractivity contribution in [2.24, 2.45) is 5.92 Å². The third-order valence-electron chi connectivity index (χ3n) is 7.42. The minimum atomic E-state index is -0.508. The van der Waals surface area contributed by atoms with E-state index in [1.165, 1.54) is 18.2 Å². The molecule has 1 aliphatic carbocycles. The molecule has 0 saturated carbocycles. The number of nitrogens with one attached hydrogen (secondary N) is 2. The first kappa shape index (κ1) is 24.3. The number of anilines is 2. The van der Waals surface area contributed by atoms with Crippen LogP contribution >= 0.6 is 0 Å². The van der Waals surface area contributed by atoms with Crippen molar-refractivity contribution in [3.63, 3.8) is 0 Å². The Morgan fingerprint density at radius 1 is 1.25 bits per heavy atom. The number of amides is 1. The average molecular weight is 491 g/mol. The molecule has 2 N–H and O–H groups in total. The zero-order valence-electron chi connectivity index (χ0n) is 21.2. The van der Waals surface area contributed by atoms with Crippen LogP contribution in [0.15, 0.2) is 36.5 Å². The van der Waals surface area contributed by atoms with Crippen molar-refractivity contribution in [2.75, 3.05) is 24.4 Å². The summed E-state index contributed by atoms with van der Waals surface area (Å²) in [5, 5.41) is 7.36. The number of nitrogens with zero attached hydrogens (tertiary/aromatic N) is 2. The molecule has 8 heteroatoms. The lowest BCUT2D eigenvalue weighted by atomic mass is 10.1. The molecule has 5 rings (SSSR count). The number of fused-ring (bicyclic) bond motifs is 2. The zero-order valence-corrected chi connectivity index (χ0v) is 21.2. The second-order valence-corrected chi connectivity index (χ2v) is 9.87. The molecule has 3 aromatic rings. The third kappa shape index (κ3) is 4.69. The molecule has 1 amide bonds. The largest absolute Gasteiger partial charge is 0.464 e. The maximum Gasteiger partial charge on any atom is 0.356 e. The van der Waals surface area contributed by atoms with Gasteiger partial charge in [0.25, 0.3) is 0 Å². The summed E-state index contributed by atoms with van der Waals surface area (Å²) in [5.41, 5.74) is 4.96. The topological polar surface area (TPSA) is 94.5 Å². The number of methoxy groups -OCH3 is 1. The second kappa shape index (κ2) is 10.3. The van der Waals surface area contributed by atoms with E-state index in [2.05, 4.69) is 34.9 Å². The highest BCUT2D eigenvalue weighted by atomic mass is 16.5. The van der Waals surface area contributed by atoms with Gasteiger partial charge in [-0.1, -0.05) is 38.1 Å². The lowest BCUT2D eigenvalue weighted by Gasteiger charge is -2.15. The van der Waals surface area contributed by atoms with Gasteiger partial charge in [0, 0.05) is 24.0 Å². The first-order chi connectivity index (χ1) is 17.5. The van der Waals surface area contributed by atoms with Crippen LogP contribution in [0.5, 0.6) is 0 Å². The number of ether oxygens (including phenoxy) is 2. The van der Waals surface area contributed by atoms with Gasteiger partial charge in [0.2, 0.25) is 5.91 Å². The van der Waals surface area contributed by atoms with Crippen molar-refractivity contribution >= 4 is 34.3 Å². The van der Waals surface area contributed by atoms with Crippen molar-refractivity contribution in [1.82, 2.24) is 9.55 Å². The molecule has 1 aliphatic heterocycles.